The van der Waals surface area contributed by atoms with E-state index < -0.39 is 6.09 Å². The Morgan fingerprint density at radius 1 is 1.41 bits per heavy atom. The summed E-state index contributed by atoms with van der Waals surface area (Å²) in [5, 5.41) is 2.54. The van der Waals surface area contributed by atoms with Crippen molar-refractivity contribution in [3.8, 4) is 11.5 Å². The van der Waals surface area contributed by atoms with E-state index >= 15 is 0 Å². The third kappa shape index (κ3) is 2.52. The number of nitrogens with one attached hydrogen (secondary N) is 1. The number of hydrogen-bond acceptors (Lipinski definition) is 5. The number of carbonyl (C=O) groups excluding carboxylic acids is 1. The molecule has 6 heteroatoms. The van der Waals surface area contributed by atoms with Gasteiger partial charge < -0.3 is 19.9 Å². The van der Waals surface area contributed by atoms with Crippen molar-refractivity contribution < 1.29 is 19.0 Å². The van der Waals surface area contributed by atoms with Crippen molar-refractivity contribution in [2.45, 2.75) is 6.92 Å². The van der Waals surface area contributed by atoms with E-state index in [4.69, 9.17) is 19.9 Å². The van der Waals surface area contributed by atoms with Crippen LogP contribution in [-0.2, 0) is 4.74 Å². The Bertz CT molecular complexity index is 434. The molecule has 3 N–H and O–H groups in total. The number of benzene rings is 1. The van der Waals surface area contributed by atoms with Crippen LogP contribution < -0.4 is 20.5 Å². The molecule has 0 unspecified atom stereocenters. The minimum absolute atomic E-state index is 0.302. The van der Waals surface area contributed by atoms with Crippen LogP contribution in [0.25, 0.3) is 0 Å². The Kier molecular flexibility index (Phi) is 3.22. The second-order valence-corrected chi connectivity index (χ2v) is 3.43. The van der Waals surface area contributed by atoms with Crippen molar-refractivity contribution in [3.05, 3.63) is 12.1 Å². The highest BCUT2D eigenvalue weighted by Gasteiger charge is 2.15. The summed E-state index contributed by atoms with van der Waals surface area (Å²) in [6.07, 6.45) is -0.545. The van der Waals surface area contributed by atoms with Crippen molar-refractivity contribution in [2.24, 2.45) is 0 Å². The maximum atomic E-state index is 11.3. The Labute approximate surface area is 98.6 Å². The van der Waals surface area contributed by atoms with E-state index in [2.05, 4.69) is 5.32 Å². The fourth-order valence-corrected chi connectivity index (χ4v) is 1.49. The van der Waals surface area contributed by atoms with Gasteiger partial charge >= 0.3 is 6.09 Å². The quantitative estimate of drug-likeness (QED) is 0.765. The van der Waals surface area contributed by atoms with Crippen molar-refractivity contribution in [1.82, 2.24) is 0 Å². The summed E-state index contributed by atoms with van der Waals surface area (Å²) in [5.41, 5.74) is 6.64. The number of ether oxygens (including phenoxy) is 3. The molecule has 1 aromatic carbocycles. The highest BCUT2D eigenvalue weighted by molar-refractivity contribution is 5.90. The van der Waals surface area contributed by atoms with Gasteiger partial charge in [0.25, 0.3) is 0 Å². The second-order valence-electron chi connectivity index (χ2n) is 3.43. The molecule has 1 aliphatic heterocycles. The lowest BCUT2D eigenvalue weighted by molar-refractivity contribution is 0.167. The minimum Gasteiger partial charge on any atom is -0.486 e. The predicted molar refractivity (Wildman–Crippen MR) is 62.5 cm³/mol. The second kappa shape index (κ2) is 4.82. The van der Waals surface area contributed by atoms with Crippen LogP contribution in [0.2, 0.25) is 0 Å². The van der Waals surface area contributed by atoms with E-state index in [1.54, 1.807) is 19.1 Å². The van der Waals surface area contributed by atoms with Crippen molar-refractivity contribution in [3.63, 3.8) is 0 Å². The first-order chi connectivity index (χ1) is 8.20. The van der Waals surface area contributed by atoms with Crippen LogP contribution in [0.1, 0.15) is 6.92 Å². The van der Waals surface area contributed by atoms with Gasteiger partial charge in [-0.15, -0.1) is 0 Å². The zero-order valence-electron chi connectivity index (χ0n) is 9.49. The number of nitrogen functional groups attached to an aromatic ring is 1. The molecule has 0 aliphatic carbocycles. The Morgan fingerprint density at radius 2 is 2.06 bits per heavy atom. The van der Waals surface area contributed by atoms with E-state index in [0.717, 1.165) is 0 Å². The standard InChI is InChI=1S/C11H14N2O4/c1-2-15-11(14)13-8-6-10-9(5-7(8)12)16-3-4-17-10/h5-6H,2-4,12H2,1H3,(H,13,14). The number of nitrogens with two attached hydrogens (primary N) is 1. The molecule has 17 heavy (non-hydrogen) atoms. The Balaban J connectivity index is 2.19. The molecule has 0 atom stereocenters. The van der Waals surface area contributed by atoms with Gasteiger partial charge in [-0.3, -0.25) is 5.32 Å². The molecule has 0 fully saturated rings. The molecule has 1 amide bonds. The SMILES string of the molecule is CCOC(=O)Nc1cc2c(cc1N)OCCO2. The summed E-state index contributed by atoms with van der Waals surface area (Å²) in [6.45, 7) is 3.01. The molecular weight excluding hydrogens is 224 g/mol. The highest BCUT2D eigenvalue weighted by Crippen LogP contribution is 2.36. The maximum Gasteiger partial charge on any atom is 0.411 e. The highest BCUT2D eigenvalue weighted by atomic mass is 16.6. The van der Waals surface area contributed by atoms with Gasteiger partial charge in [0.15, 0.2) is 11.5 Å². The smallest absolute Gasteiger partial charge is 0.411 e. The van der Waals surface area contributed by atoms with E-state index in [1.165, 1.54) is 0 Å². The monoisotopic (exact) mass is 238 g/mol. The van der Waals surface area contributed by atoms with Crippen molar-refractivity contribution in [2.75, 3.05) is 30.9 Å². The molecule has 0 aromatic heterocycles. The van der Waals surface area contributed by atoms with Gasteiger partial charge in [-0.05, 0) is 6.92 Å². The first-order valence-corrected chi connectivity index (χ1v) is 5.33. The molecular formula is C11H14N2O4. The molecule has 0 spiro atoms. The molecule has 2 rings (SSSR count). The average molecular weight is 238 g/mol. The normalized spacial score (nSPS) is 13.0. The predicted octanol–water partition coefficient (Wildman–Crippen LogP) is 1.61. The summed E-state index contributed by atoms with van der Waals surface area (Å²) in [4.78, 5) is 11.3. The van der Waals surface area contributed by atoms with Crippen LogP contribution in [0.4, 0.5) is 16.2 Å². The number of hydrogen-bond donors (Lipinski definition) is 2. The number of rotatable bonds is 2. The zero-order valence-corrected chi connectivity index (χ0v) is 9.49. The third-order valence-corrected chi connectivity index (χ3v) is 2.23. The van der Waals surface area contributed by atoms with E-state index in [1.807, 2.05) is 0 Å². The van der Waals surface area contributed by atoms with E-state index in [0.29, 0.717) is 42.7 Å². The summed E-state index contributed by atoms with van der Waals surface area (Å²) in [7, 11) is 0. The van der Waals surface area contributed by atoms with Crippen molar-refractivity contribution >= 4 is 17.5 Å². The zero-order chi connectivity index (χ0) is 12.3. The average Bonchev–Trinajstić information content (AvgIpc) is 2.30. The fraction of sp³-hybridized carbons (Fsp3) is 0.364. The minimum atomic E-state index is -0.545. The van der Waals surface area contributed by atoms with Crippen LogP contribution in [0, 0.1) is 0 Å². The first kappa shape index (κ1) is 11.4. The van der Waals surface area contributed by atoms with Gasteiger partial charge in [-0.2, -0.15) is 0 Å². The molecule has 6 nitrogen and oxygen atoms in total. The molecule has 0 bridgehead atoms. The Morgan fingerprint density at radius 3 is 2.71 bits per heavy atom. The molecule has 0 saturated carbocycles. The lowest BCUT2D eigenvalue weighted by Gasteiger charge is -2.20. The largest absolute Gasteiger partial charge is 0.486 e. The summed E-state index contributed by atoms with van der Waals surface area (Å²) < 4.78 is 15.5. The molecule has 1 heterocycles. The molecule has 0 saturated heterocycles. The van der Waals surface area contributed by atoms with Crippen LogP contribution in [0.5, 0.6) is 11.5 Å². The van der Waals surface area contributed by atoms with Gasteiger partial charge in [0.1, 0.15) is 13.2 Å². The topological polar surface area (TPSA) is 82.8 Å². The first-order valence-electron chi connectivity index (χ1n) is 5.33. The van der Waals surface area contributed by atoms with Gasteiger partial charge in [0.2, 0.25) is 0 Å². The number of carbonyl (C=O) groups is 1. The number of amides is 1. The molecule has 0 radical (unpaired) electrons. The van der Waals surface area contributed by atoms with Gasteiger partial charge in [-0.25, -0.2) is 4.79 Å². The summed E-state index contributed by atoms with van der Waals surface area (Å²) in [6, 6.07) is 3.25. The molecule has 92 valence electrons. The van der Waals surface area contributed by atoms with Gasteiger partial charge in [0.05, 0.1) is 18.0 Å². The third-order valence-electron chi connectivity index (χ3n) is 2.23. The summed E-state index contributed by atoms with van der Waals surface area (Å²) >= 11 is 0. The molecule has 1 aliphatic rings. The maximum absolute atomic E-state index is 11.3. The van der Waals surface area contributed by atoms with E-state index in [9.17, 15) is 4.79 Å². The fourth-order valence-electron chi connectivity index (χ4n) is 1.49. The Hall–Kier alpha value is -2.11. The molecule has 1 aromatic rings. The van der Waals surface area contributed by atoms with Crippen LogP contribution in [0.15, 0.2) is 12.1 Å². The summed E-state index contributed by atoms with van der Waals surface area (Å²) in [5.74, 6) is 1.15. The van der Waals surface area contributed by atoms with Crippen LogP contribution >= 0.6 is 0 Å². The van der Waals surface area contributed by atoms with Gasteiger partial charge in [0, 0.05) is 12.1 Å². The lowest BCUT2D eigenvalue weighted by atomic mass is 10.2. The number of anilines is 2. The van der Waals surface area contributed by atoms with E-state index in [-0.39, 0.29) is 0 Å². The lowest BCUT2D eigenvalue weighted by Crippen LogP contribution is -2.18. The van der Waals surface area contributed by atoms with Crippen molar-refractivity contribution in [1.29, 1.82) is 0 Å². The van der Waals surface area contributed by atoms with Crippen LogP contribution in [-0.4, -0.2) is 25.9 Å². The van der Waals surface area contributed by atoms with Crippen LogP contribution in [0.3, 0.4) is 0 Å². The number of fused-ring (bicyclic) bond motifs is 1. The van der Waals surface area contributed by atoms with Gasteiger partial charge in [-0.1, -0.05) is 0 Å².